The highest BCUT2D eigenvalue weighted by molar-refractivity contribution is 5.85. The number of aliphatic carboxylic acids is 1. The first-order valence-electron chi connectivity index (χ1n) is 4.17. The molecule has 1 aliphatic rings. The Balaban J connectivity index is 2.32. The third-order valence-electron chi connectivity index (χ3n) is 2.32. The fourth-order valence-electron chi connectivity index (χ4n) is 1.30. The largest absolute Gasteiger partial charge is 0.478 e. The number of rotatable bonds is 4. The van der Waals surface area contributed by atoms with E-state index in [0.717, 1.165) is 13.0 Å². The molecule has 3 heteroatoms. The minimum atomic E-state index is -0.916. The Kier molecular flexibility index (Phi) is 2.87. The second kappa shape index (κ2) is 3.72. The van der Waals surface area contributed by atoms with Gasteiger partial charge in [-0.1, -0.05) is 13.5 Å². The topological polar surface area (TPSA) is 46.5 Å². The van der Waals surface area contributed by atoms with E-state index in [2.05, 4.69) is 13.5 Å². The van der Waals surface area contributed by atoms with Crippen LogP contribution in [0.1, 0.15) is 19.8 Å². The summed E-state index contributed by atoms with van der Waals surface area (Å²) in [4.78, 5) is 10.4. The number of hydrogen-bond donors (Lipinski definition) is 1. The van der Waals surface area contributed by atoms with Crippen LogP contribution >= 0.6 is 0 Å². The van der Waals surface area contributed by atoms with Crippen molar-refractivity contribution in [1.29, 1.82) is 0 Å². The molecule has 0 saturated carbocycles. The molecule has 0 aromatic heterocycles. The molecule has 3 nitrogen and oxygen atoms in total. The van der Waals surface area contributed by atoms with Crippen LogP contribution in [0.5, 0.6) is 0 Å². The summed E-state index contributed by atoms with van der Waals surface area (Å²) in [6.45, 7) is 6.32. The van der Waals surface area contributed by atoms with Crippen molar-refractivity contribution in [2.45, 2.75) is 25.9 Å². The fourth-order valence-corrected chi connectivity index (χ4v) is 1.30. The van der Waals surface area contributed by atoms with Gasteiger partial charge in [0.1, 0.15) is 0 Å². The average Bonchev–Trinajstić information content (AvgIpc) is 1.98. The average molecular weight is 170 g/mol. The van der Waals surface area contributed by atoms with E-state index in [4.69, 9.17) is 9.84 Å². The maximum absolute atomic E-state index is 10.4. The molecule has 0 bridgehead atoms. The molecule has 1 N–H and O–H groups in total. The second-order valence-corrected chi connectivity index (χ2v) is 3.15. The molecule has 2 unspecified atom stereocenters. The lowest BCUT2D eigenvalue weighted by molar-refractivity contribution is -0.136. The minimum Gasteiger partial charge on any atom is -0.478 e. The predicted molar refractivity (Wildman–Crippen MR) is 44.9 cm³/mol. The number of carboxylic acid groups (broad SMARTS) is 1. The van der Waals surface area contributed by atoms with Gasteiger partial charge in [0.15, 0.2) is 0 Å². The van der Waals surface area contributed by atoms with Gasteiger partial charge in [-0.3, -0.25) is 0 Å². The summed E-state index contributed by atoms with van der Waals surface area (Å²) in [5.74, 6) is -0.388. The van der Waals surface area contributed by atoms with Gasteiger partial charge in [0.2, 0.25) is 0 Å². The van der Waals surface area contributed by atoms with Gasteiger partial charge in [-0.2, -0.15) is 0 Å². The Morgan fingerprint density at radius 1 is 1.75 bits per heavy atom. The van der Waals surface area contributed by atoms with Gasteiger partial charge in [-0.15, -0.1) is 0 Å². The van der Waals surface area contributed by atoms with Gasteiger partial charge < -0.3 is 9.84 Å². The molecule has 2 atom stereocenters. The summed E-state index contributed by atoms with van der Waals surface area (Å²) in [5, 5.41) is 8.55. The molecule has 0 amide bonds. The van der Waals surface area contributed by atoms with E-state index in [9.17, 15) is 4.79 Å². The Labute approximate surface area is 72.0 Å². The van der Waals surface area contributed by atoms with Crippen LogP contribution < -0.4 is 0 Å². The van der Waals surface area contributed by atoms with E-state index in [1.54, 1.807) is 0 Å². The molecule has 1 saturated heterocycles. The van der Waals surface area contributed by atoms with Crippen LogP contribution in [-0.2, 0) is 9.53 Å². The van der Waals surface area contributed by atoms with Gasteiger partial charge in [0, 0.05) is 17.9 Å². The smallest absolute Gasteiger partial charge is 0.331 e. The highest BCUT2D eigenvalue weighted by Crippen LogP contribution is 2.28. The molecule has 0 aromatic rings. The van der Waals surface area contributed by atoms with Crippen LogP contribution in [0.3, 0.4) is 0 Å². The monoisotopic (exact) mass is 170 g/mol. The molecule has 12 heavy (non-hydrogen) atoms. The summed E-state index contributed by atoms with van der Waals surface area (Å²) in [7, 11) is 0. The highest BCUT2D eigenvalue weighted by Gasteiger charge is 2.31. The quantitative estimate of drug-likeness (QED) is 0.649. The van der Waals surface area contributed by atoms with Crippen molar-refractivity contribution >= 4 is 5.97 Å². The summed E-state index contributed by atoms with van der Waals surface area (Å²) >= 11 is 0. The van der Waals surface area contributed by atoms with E-state index >= 15 is 0 Å². The predicted octanol–water partition coefficient (Wildman–Crippen LogP) is 1.44. The van der Waals surface area contributed by atoms with Crippen molar-refractivity contribution in [2.75, 3.05) is 6.61 Å². The second-order valence-electron chi connectivity index (χ2n) is 3.15. The lowest BCUT2D eigenvalue weighted by Crippen LogP contribution is -2.39. The molecule has 1 aliphatic heterocycles. The number of ether oxygens (including phenoxy) is 1. The molecule has 0 spiro atoms. The van der Waals surface area contributed by atoms with Crippen LogP contribution in [0.2, 0.25) is 0 Å². The van der Waals surface area contributed by atoms with Crippen LogP contribution in [0.25, 0.3) is 0 Å². The lowest BCUT2D eigenvalue weighted by Gasteiger charge is -2.36. The minimum absolute atomic E-state index is 0.0959. The van der Waals surface area contributed by atoms with Crippen molar-refractivity contribution in [3.05, 3.63) is 12.2 Å². The molecule has 0 aromatic carbocycles. The van der Waals surface area contributed by atoms with E-state index in [1.807, 2.05) is 0 Å². The van der Waals surface area contributed by atoms with Gasteiger partial charge in [0.05, 0.1) is 12.7 Å². The van der Waals surface area contributed by atoms with Crippen molar-refractivity contribution < 1.29 is 14.6 Å². The molecule has 68 valence electrons. The van der Waals surface area contributed by atoms with Gasteiger partial charge in [0.25, 0.3) is 0 Å². The zero-order valence-corrected chi connectivity index (χ0v) is 7.25. The summed E-state index contributed by atoms with van der Waals surface area (Å²) < 4.78 is 5.23. The summed E-state index contributed by atoms with van der Waals surface area (Å²) in [6, 6.07) is 0. The highest BCUT2D eigenvalue weighted by atomic mass is 16.5. The van der Waals surface area contributed by atoms with E-state index in [1.165, 1.54) is 0 Å². The van der Waals surface area contributed by atoms with Crippen molar-refractivity contribution in [2.24, 2.45) is 5.92 Å². The van der Waals surface area contributed by atoms with E-state index in [-0.39, 0.29) is 11.7 Å². The normalized spacial score (nSPS) is 27.8. The molecule has 1 fully saturated rings. The molecule has 0 aliphatic carbocycles. The molecular weight excluding hydrogens is 156 g/mol. The first-order valence-corrected chi connectivity index (χ1v) is 4.17. The number of hydrogen-bond acceptors (Lipinski definition) is 2. The maximum Gasteiger partial charge on any atom is 0.331 e. The zero-order valence-electron chi connectivity index (χ0n) is 7.25. The first kappa shape index (κ1) is 9.26. The number of carboxylic acids is 1. The van der Waals surface area contributed by atoms with Crippen LogP contribution in [-0.4, -0.2) is 23.8 Å². The zero-order chi connectivity index (χ0) is 9.14. The van der Waals surface area contributed by atoms with E-state index < -0.39 is 5.97 Å². The van der Waals surface area contributed by atoms with Crippen LogP contribution in [0.15, 0.2) is 12.2 Å². The van der Waals surface area contributed by atoms with Crippen molar-refractivity contribution in [3.63, 3.8) is 0 Å². The third-order valence-corrected chi connectivity index (χ3v) is 2.32. The fraction of sp³-hybridized carbons (Fsp3) is 0.667. The Bertz CT molecular complexity index is 196. The van der Waals surface area contributed by atoms with Gasteiger partial charge >= 0.3 is 5.97 Å². The van der Waals surface area contributed by atoms with Crippen molar-refractivity contribution in [3.8, 4) is 0 Å². The van der Waals surface area contributed by atoms with Crippen LogP contribution in [0, 0.1) is 5.92 Å². The maximum atomic E-state index is 10.4. The van der Waals surface area contributed by atoms with Gasteiger partial charge in [-0.25, -0.2) is 4.79 Å². The Morgan fingerprint density at radius 3 is 2.75 bits per heavy atom. The molecular formula is C9H14O3. The molecule has 1 rings (SSSR count). The Hall–Kier alpha value is -0.830. The number of carbonyl (C=O) groups is 1. The third kappa shape index (κ3) is 1.85. The summed E-state index contributed by atoms with van der Waals surface area (Å²) in [6.07, 6.45) is 1.62. The standard InChI is InChI=1S/C9H14O3/c1-3-7-5-12-8(7)4-6(2)9(10)11/h7-8H,2-5H2,1H3,(H,10,11). The Morgan fingerprint density at radius 2 is 2.42 bits per heavy atom. The first-order chi connectivity index (χ1) is 5.65. The molecule has 1 heterocycles. The van der Waals surface area contributed by atoms with Crippen LogP contribution in [0.4, 0.5) is 0 Å². The lowest BCUT2D eigenvalue weighted by atomic mass is 9.90. The van der Waals surface area contributed by atoms with Gasteiger partial charge in [-0.05, 0) is 6.42 Å². The SMILES string of the molecule is C=C(CC1OCC1CC)C(=O)O. The van der Waals surface area contributed by atoms with Crippen molar-refractivity contribution in [1.82, 2.24) is 0 Å². The van der Waals surface area contributed by atoms with E-state index in [0.29, 0.717) is 12.3 Å². The molecule has 0 radical (unpaired) electrons. The summed E-state index contributed by atoms with van der Waals surface area (Å²) in [5.41, 5.74) is 0.248.